The molecule has 10 rings (SSSR count). The summed E-state index contributed by atoms with van der Waals surface area (Å²) in [4.78, 5) is 0. The Morgan fingerprint density at radius 3 is 1.53 bits per heavy atom. The smallest absolute Gasteiger partial charge is 0.144 e. The van der Waals surface area contributed by atoms with E-state index in [1.54, 1.807) is 6.26 Å². The minimum atomic E-state index is 0.848. The molecule has 3 heteroatoms. The first-order valence-electron chi connectivity index (χ1n) is 14.5. The predicted molar refractivity (Wildman–Crippen MR) is 177 cm³/mol. The lowest BCUT2D eigenvalue weighted by Crippen LogP contribution is -1.91. The highest BCUT2D eigenvalue weighted by molar-refractivity contribution is 6.29. The van der Waals surface area contributed by atoms with Crippen LogP contribution in [0.2, 0.25) is 0 Å². The molecule has 10 aromatic rings. The van der Waals surface area contributed by atoms with Crippen LogP contribution in [-0.2, 0) is 0 Å². The summed E-state index contributed by atoms with van der Waals surface area (Å²) >= 11 is 0. The Bertz CT molecular complexity index is 2680. The van der Waals surface area contributed by atoms with Crippen LogP contribution in [0, 0.1) is 0 Å². The second-order valence-electron chi connectivity index (χ2n) is 11.2. The van der Waals surface area contributed by atoms with Crippen LogP contribution in [0.15, 0.2) is 147 Å². The number of benzene rings is 7. The van der Waals surface area contributed by atoms with Crippen molar-refractivity contribution < 1.29 is 13.3 Å². The summed E-state index contributed by atoms with van der Waals surface area (Å²) in [7, 11) is 0. The summed E-state index contributed by atoms with van der Waals surface area (Å²) in [6.07, 6.45) is 1.77. The Balaban J connectivity index is 1.41. The molecule has 0 aliphatic carbocycles. The van der Waals surface area contributed by atoms with Gasteiger partial charge in [-0.25, -0.2) is 0 Å². The zero-order valence-corrected chi connectivity index (χ0v) is 22.9. The molecule has 0 bridgehead atoms. The Hall–Kier alpha value is -5.80. The zero-order valence-electron chi connectivity index (χ0n) is 22.9. The lowest BCUT2D eigenvalue weighted by atomic mass is 9.84. The van der Waals surface area contributed by atoms with E-state index in [4.69, 9.17) is 13.3 Å². The molecule has 0 N–H and O–H groups in total. The lowest BCUT2D eigenvalue weighted by Gasteiger charge is -2.18. The molecule has 0 amide bonds. The molecule has 0 unspecified atom stereocenters. The molecule has 0 atom stereocenters. The van der Waals surface area contributed by atoms with Crippen LogP contribution in [0.4, 0.5) is 0 Å². The van der Waals surface area contributed by atoms with Gasteiger partial charge in [-0.1, -0.05) is 97.1 Å². The third kappa shape index (κ3) is 3.03. The third-order valence-corrected chi connectivity index (χ3v) is 8.95. The fraction of sp³-hybridized carbons (Fsp3) is 0. The van der Waals surface area contributed by atoms with E-state index in [1.165, 1.54) is 16.3 Å². The highest BCUT2D eigenvalue weighted by Gasteiger charge is 2.24. The Morgan fingerprint density at radius 2 is 0.860 bits per heavy atom. The highest BCUT2D eigenvalue weighted by Crippen LogP contribution is 2.49. The van der Waals surface area contributed by atoms with Crippen LogP contribution in [0.25, 0.3) is 98.6 Å². The number of hydrogen-bond donors (Lipinski definition) is 0. The van der Waals surface area contributed by atoms with E-state index in [1.807, 2.05) is 30.3 Å². The molecule has 43 heavy (non-hydrogen) atoms. The SMILES string of the molecule is c1ccc2c(c1)oc1cccc(-c3c4ccccc4c(-c4cc5occc5c5c4oc4ccccc45)c4ccccc34)c12. The first kappa shape index (κ1) is 22.8. The molecular weight excluding hydrogens is 528 g/mol. The molecule has 0 spiro atoms. The molecular formula is C40H22O3. The van der Waals surface area contributed by atoms with Gasteiger partial charge in [0, 0.05) is 38.1 Å². The van der Waals surface area contributed by atoms with Crippen molar-refractivity contribution >= 4 is 76.4 Å². The third-order valence-electron chi connectivity index (χ3n) is 8.95. The standard InChI is InChI=1S/C40H22O3/c1-3-12-25-23(10-1)36(30-16-9-19-34-38(30)27-14-5-7-17-32(27)42-34)24-11-2-4-13-26(24)37(25)31-22-35-29(20-21-41-35)39-28-15-6-8-18-33(28)43-40(31)39/h1-22H. The molecule has 0 aliphatic heterocycles. The Kier molecular flexibility index (Phi) is 4.45. The van der Waals surface area contributed by atoms with Gasteiger partial charge >= 0.3 is 0 Å². The van der Waals surface area contributed by atoms with E-state index >= 15 is 0 Å². The van der Waals surface area contributed by atoms with Gasteiger partial charge in [0.2, 0.25) is 0 Å². The first-order valence-corrected chi connectivity index (χ1v) is 14.5. The van der Waals surface area contributed by atoms with Crippen molar-refractivity contribution in [2.24, 2.45) is 0 Å². The topological polar surface area (TPSA) is 39.4 Å². The molecule has 7 aromatic carbocycles. The van der Waals surface area contributed by atoms with Crippen molar-refractivity contribution in [3.05, 3.63) is 134 Å². The van der Waals surface area contributed by atoms with Gasteiger partial charge in [0.05, 0.1) is 6.26 Å². The van der Waals surface area contributed by atoms with E-state index in [-0.39, 0.29) is 0 Å². The molecule has 0 saturated heterocycles. The van der Waals surface area contributed by atoms with Crippen molar-refractivity contribution in [3.63, 3.8) is 0 Å². The van der Waals surface area contributed by atoms with Gasteiger partial charge in [-0.2, -0.15) is 0 Å². The van der Waals surface area contributed by atoms with E-state index < -0.39 is 0 Å². The number of rotatable bonds is 2. The van der Waals surface area contributed by atoms with Crippen molar-refractivity contribution in [1.82, 2.24) is 0 Å². The Labute approximate surface area is 245 Å². The molecule has 0 radical (unpaired) electrons. The maximum absolute atomic E-state index is 6.67. The quantitative estimate of drug-likeness (QED) is 0.201. The zero-order chi connectivity index (χ0) is 28.1. The van der Waals surface area contributed by atoms with E-state index in [2.05, 4.69) is 97.1 Å². The van der Waals surface area contributed by atoms with E-state index in [9.17, 15) is 0 Å². The molecule has 200 valence electrons. The van der Waals surface area contributed by atoms with Crippen LogP contribution >= 0.6 is 0 Å². The van der Waals surface area contributed by atoms with Crippen molar-refractivity contribution in [3.8, 4) is 22.3 Å². The predicted octanol–water partition coefficient (Wildman–Crippen LogP) is 11.9. The second kappa shape index (κ2) is 8.37. The minimum Gasteiger partial charge on any atom is -0.464 e. The van der Waals surface area contributed by atoms with Crippen molar-refractivity contribution in [1.29, 1.82) is 0 Å². The molecule has 3 nitrogen and oxygen atoms in total. The number of hydrogen-bond acceptors (Lipinski definition) is 3. The fourth-order valence-corrected chi connectivity index (χ4v) is 7.22. The maximum atomic E-state index is 6.67. The summed E-state index contributed by atoms with van der Waals surface area (Å²) in [6.45, 7) is 0. The van der Waals surface area contributed by atoms with Gasteiger partial charge < -0.3 is 13.3 Å². The van der Waals surface area contributed by atoms with Crippen LogP contribution in [0.3, 0.4) is 0 Å². The minimum absolute atomic E-state index is 0.848. The van der Waals surface area contributed by atoms with Crippen LogP contribution in [0.5, 0.6) is 0 Å². The van der Waals surface area contributed by atoms with E-state index in [0.29, 0.717) is 0 Å². The molecule has 3 heterocycles. The molecule has 3 aromatic heterocycles. The number of fused-ring (bicyclic) bond motifs is 10. The fourth-order valence-electron chi connectivity index (χ4n) is 7.22. The van der Waals surface area contributed by atoms with Gasteiger partial charge in [0.1, 0.15) is 27.9 Å². The molecule has 0 fully saturated rings. The van der Waals surface area contributed by atoms with Crippen molar-refractivity contribution in [2.45, 2.75) is 0 Å². The average Bonchev–Trinajstić information content (AvgIpc) is 3.78. The molecule has 0 saturated carbocycles. The van der Waals surface area contributed by atoms with Gasteiger partial charge in [0.15, 0.2) is 0 Å². The summed E-state index contributed by atoms with van der Waals surface area (Å²) in [6, 6.07) is 44.6. The Morgan fingerprint density at radius 1 is 0.349 bits per heavy atom. The first-order chi connectivity index (χ1) is 21.3. The van der Waals surface area contributed by atoms with Gasteiger partial charge in [-0.05, 0) is 63.0 Å². The van der Waals surface area contributed by atoms with Gasteiger partial charge in [-0.3, -0.25) is 0 Å². The van der Waals surface area contributed by atoms with E-state index in [0.717, 1.165) is 82.3 Å². The summed E-state index contributed by atoms with van der Waals surface area (Å²) < 4.78 is 19.0. The highest BCUT2D eigenvalue weighted by atomic mass is 16.3. The maximum Gasteiger partial charge on any atom is 0.144 e. The largest absolute Gasteiger partial charge is 0.464 e. The van der Waals surface area contributed by atoms with Crippen LogP contribution in [0.1, 0.15) is 0 Å². The monoisotopic (exact) mass is 550 g/mol. The number of furan rings is 3. The summed E-state index contributed by atoms with van der Waals surface area (Å²) in [5, 5.41) is 10.2. The van der Waals surface area contributed by atoms with Gasteiger partial charge in [0.25, 0.3) is 0 Å². The molecule has 0 aliphatic rings. The summed E-state index contributed by atoms with van der Waals surface area (Å²) in [5.41, 5.74) is 8.92. The van der Waals surface area contributed by atoms with Crippen LogP contribution in [-0.4, -0.2) is 0 Å². The number of para-hydroxylation sites is 2. The lowest BCUT2D eigenvalue weighted by molar-refractivity contribution is 0.615. The summed E-state index contributed by atoms with van der Waals surface area (Å²) in [5.74, 6) is 0. The van der Waals surface area contributed by atoms with Crippen molar-refractivity contribution in [2.75, 3.05) is 0 Å². The average molecular weight is 551 g/mol. The second-order valence-corrected chi connectivity index (χ2v) is 11.2. The van der Waals surface area contributed by atoms with Gasteiger partial charge in [-0.15, -0.1) is 0 Å². The normalized spacial score (nSPS) is 12.2. The van der Waals surface area contributed by atoms with Crippen LogP contribution < -0.4 is 0 Å².